The summed E-state index contributed by atoms with van der Waals surface area (Å²) in [4.78, 5) is 20.0. The predicted molar refractivity (Wildman–Crippen MR) is 582 cm³/mol. The second-order valence-electron chi connectivity index (χ2n) is 35.6. The van der Waals surface area contributed by atoms with Crippen molar-refractivity contribution in [1.82, 2.24) is 0 Å². The molecule has 8 heteroatoms. The van der Waals surface area contributed by atoms with Crippen LogP contribution in [0.1, 0.15) is 192 Å². The Hall–Kier alpha value is -9.68. The van der Waals surface area contributed by atoms with E-state index in [0.717, 1.165) is 12.8 Å². The monoisotopic (exact) mass is 1820 g/mol. The fourth-order valence-corrected chi connectivity index (χ4v) is 26.7. The number of rotatable bonds is 26. The molecule has 20 aromatic rings. The minimum absolute atomic E-state index is 1.10. The highest BCUT2D eigenvalue weighted by Gasteiger charge is 2.19. The minimum atomic E-state index is 1.10. The topological polar surface area (TPSA) is 0 Å². The molecule has 0 radical (unpaired) electrons. The number of benzene rings is 12. The Labute approximate surface area is 792 Å². The maximum Gasteiger partial charge on any atom is 0.0348 e. The summed E-state index contributed by atoms with van der Waals surface area (Å²) in [5.41, 5.74) is 21.8. The fraction of sp³-hybridized carbons (Fsp3) is 0.267. The van der Waals surface area contributed by atoms with Crippen molar-refractivity contribution < 1.29 is 0 Å². The van der Waals surface area contributed by atoms with Crippen molar-refractivity contribution in [2.45, 2.75) is 213 Å². The standard InChI is InChI=1S/C36H42S2.C32H34S2.C28H26S2.C24H18S2/c1-5-7-9-11-13-31-15-17-35(37-31)33-23-29-21-28-20-26(4)34(24-30(28)22-27(29)19-25(33)3)36-18-16-32(38-36)14-12-10-8-6-2;1-5-7-9-27-11-13-31(33-27)29-19-25-17-24-16-22(4)30(20-26(24)18-23(25)15-21(29)3)32-14-12-28(34-32)10-8-6-2;1-5-23-7-9-27(29-23)25-15-21-13-20-12-18(4)26(28-10-8-24(6-2)30-28)16-22(20)14-19(21)11-17(25)3;1-15-9-17-11-20-14-22(24-6-4-8-26-24)16(2)10-18(20)12-19(17)13-21(15)23-5-3-7-25-23/h15-24H,5-14H2,1-4H3;11-20H,5-10H2,1-4H3;7-16H,5-6H2,1-4H3;3-14H,1-2H3. The van der Waals surface area contributed by atoms with E-state index in [9.17, 15) is 0 Å². The third-order valence-corrected chi connectivity index (χ3v) is 34.9. The Morgan fingerprint density at radius 3 is 0.547 bits per heavy atom. The van der Waals surface area contributed by atoms with Gasteiger partial charge in [-0.3, -0.25) is 0 Å². The lowest BCUT2D eigenvalue weighted by Gasteiger charge is -2.11. The summed E-state index contributed by atoms with van der Waals surface area (Å²) >= 11 is 15.3. The first-order chi connectivity index (χ1) is 62.3. The maximum absolute atomic E-state index is 2.42. The Balaban J connectivity index is 0.000000121. The van der Waals surface area contributed by atoms with E-state index in [1.54, 1.807) is 22.7 Å². The lowest BCUT2D eigenvalue weighted by Crippen LogP contribution is -1.86. The zero-order valence-electron chi connectivity index (χ0n) is 77.2. The van der Waals surface area contributed by atoms with E-state index in [1.807, 2.05) is 68.0 Å². The summed E-state index contributed by atoms with van der Waals surface area (Å²) in [6, 6.07) is 93.4. The van der Waals surface area contributed by atoms with Gasteiger partial charge in [0.15, 0.2) is 0 Å². The first kappa shape index (κ1) is 90.3. The van der Waals surface area contributed by atoms with Crippen LogP contribution >= 0.6 is 90.7 Å². The maximum atomic E-state index is 2.42. The molecule has 0 aliphatic carbocycles. The van der Waals surface area contributed by atoms with Crippen LogP contribution in [0.3, 0.4) is 0 Å². The largest absolute Gasteiger partial charge is 0.144 e. The molecule has 0 bridgehead atoms. The molecule has 0 aliphatic rings. The van der Waals surface area contributed by atoms with Gasteiger partial charge in [0, 0.05) is 68.3 Å². The molecule has 0 saturated heterocycles. The Morgan fingerprint density at radius 1 is 0.172 bits per heavy atom. The van der Waals surface area contributed by atoms with Gasteiger partial charge in [0.05, 0.1) is 0 Å². The van der Waals surface area contributed by atoms with Gasteiger partial charge in [-0.2, -0.15) is 0 Å². The summed E-state index contributed by atoms with van der Waals surface area (Å²) < 4.78 is 0. The van der Waals surface area contributed by atoms with Crippen LogP contribution in [0.2, 0.25) is 0 Å². The third-order valence-electron chi connectivity index (χ3n) is 25.9. The SMILES string of the molecule is CCCCCCc1ccc(-c2cc3cc4cc(C)c(-c5ccc(CCCCCC)s5)cc4cc3cc2C)s1.CCCCc1ccc(-c2cc3cc4cc(C)c(-c5ccc(CCCC)s5)cc4cc3cc2C)s1.CCc1ccc(-c2cc3cc4cc(C)c(-c5ccc(CC)s5)cc4cc3cc2C)s1.Cc1cc2cc3cc(-c4cccs4)c(C)cc3cc2cc1-c1cccs1. The van der Waals surface area contributed by atoms with Crippen LogP contribution in [-0.2, 0) is 38.5 Å². The molecule has 0 atom stereocenters. The van der Waals surface area contributed by atoms with Gasteiger partial charge in [-0.1, -0.05) is 154 Å². The Kier molecular flexibility index (Phi) is 29.0. The number of unbranched alkanes of at least 4 members (excludes halogenated alkanes) is 8. The molecule has 8 aromatic heterocycles. The summed E-state index contributed by atoms with van der Waals surface area (Å²) in [5, 5.41) is 25.6. The van der Waals surface area contributed by atoms with Crippen LogP contribution in [0, 0.1) is 55.4 Å². The van der Waals surface area contributed by atoms with Crippen LogP contribution in [0.4, 0.5) is 0 Å². The van der Waals surface area contributed by atoms with E-state index in [4.69, 9.17) is 0 Å². The van der Waals surface area contributed by atoms with Gasteiger partial charge < -0.3 is 0 Å². The molecule has 0 unspecified atom stereocenters. The van der Waals surface area contributed by atoms with Crippen molar-refractivity contribution in [2.24, 2.45) is 0 Å². The fourth-order valence-electron chi connectivity index (χ4n) is 18.5. The average molecular weight is 1820 g/mol. The quantitative estimate of drug-likeness (QED) is 0.0374. The molecule has 128 heavy (non-hydrogen) atoms. The second kappa shape index (κ2) is 41.2. The molecule has 20 rings (SSSR count). The van der Waals surface area contributed by atoms with Crippen LogP contribution in [-0.4, -0.2) is 0 Å². The lowest BCUT2D eigenvalue weighted by atomic mass is 9.95. The van der Waals surface area contributed by atoms with Gasteiger partial charge >= 0.3 is 0 Å². The zero-order valence-corrected chi connectivity index (χ0v) is 83.8. The van der Waals surface area contributed by atoms with Gasteiger partial charge in [-0.15, -0.1) is 90.7 Å². The van der Waals surface area contributed by atoms with Gasteiger partial charge in [0.25, 0.3) is 0 Å². The van der Waals surface area contributed by atoms with E-state index in [1.165, 1.54) is 346 Å². The number of aryl methyl sites for hydroxylation is 14. The zero-order chi connectivity index (χ0) is 88.6. The molecule has 0 spiro atoms. The molecule has 0 N–H and O–H groups in total. The Bertz CT molecular complexity index is 6870. The lowest BCUT2D eigenvalue weighted by molar-refractivity contribution is 0.670. The molecule has 0 nitrogen and oxygen atoms in total. The second-order valence-corrected chi connectivity index (χ2v) is 44.5. The number of thiophene rings is 8. The molecule has 648 valence electrons. The third kappa shape index (κ3) is 20.6. The highest BCUT2D eigenvalue weighted by Crippen LogP contribution is 2.45. The molecular weight excluding hydrogens is 1700 g/mol. The molecule has 0 amide bonds. The first-order valence-electron chi connectivity index (χ1n) is 46.9. The van der Waals surface area contributed by atoms with E-state index in [0.29, 0.717) is 0 Å². The molecule has 0 fully saturated rings. The highest BCUT2D eigenvalue weighted by atomic mass is 32.1. The summed E-state index contributed by atoms with van der Waals surface area (Å²) in [7, 11) is 0. The van der Waals surface area contributed by atoms with Gasteiger partial charge in [0.1, 0.15) is 0 Å². The van der Waals surface area contributed by atoms with Gasteiger partial charge in [-0.25, -0.2) is 0 Å². The van der Waals surface area contributed by atoms with Crippen LogP contribution in [0.25, 0.3) is 170 Å². The minimum Gasteiger partial charge on any atom is -0.144 e. The number of hydrogen-bond acceptors (Lipinski definition) is 8. The van der Waals surface area contributed by atoms with E-state index in [2.05, 4.69) is 350 Å². The summed E-state index contributed by atoms with van der Waals surface area (Å²) in [6.07, 6.45) is 22.7. The predicted octanol–water partition coefficient (Wildman–Crippen LogP) is 40.3. The number of fused-ring (bicyclic) bond motifs is 8. The van der Waals surface area contributed by atoms with Crippen molar-refractivity contribution in [3.63, 3.8) is 0 Å². The van der Waals surface area contributed by atoms with Crippen LogP contribution in [0.15, 0.2) is 253 Å². The smallest absolute Gasteiger partial charge is 0.0348 e. The van der Waals surface area contributed by atoms with Crippen molar-refractivity contribution >= 4 is 177 Å². The summed E-state index contributed by atoms with van der Waals surface area (Å²) in [5.74, 6) is 0. The van der Waals surface area contributed by atoms with Gasteiger partial charge in [-0.05, 0) is 488 Å². The van der Waals surface area contributed by atoms with E-state index < -0.39 is 0 Å². The number of hydrogen-bond donors (Lipinski definition) is 0. The molecule has 12 aromatic carbocycles. The van der Waals surface area contributed by atoms with Crippen molar-refractivity contribution in [3.05, 3.63) is 327 Å². The van der Waals surface area contributed by atoms with Crippen molar-refractivity contribution in [1.29, 1.82) is 0 Å². The first-order valence-corrected chi connectivity index (χ1v) is 53.6. The molecule has 0 aliphatic heterocycles. The normalized spacial score (nSPS) is 11.6. The molecule has 8 heterocycles. The van der Waals surface area contributed by atoms with Gasteiger partial charge in [0.2, 0.25) is 0 Å². The average Bonchev–Trinajstić information content (AvgIpc) is 1.32. The molecule has 0 saturated carbocycles. The highest BCUT2D eigenvalue weighted by molar-refractivity contribution is 7.17. The molecular formula is C120H120S8. The van der Waals surface area contributed by atoms with E-state index >= 15 is 0 Å². The summed E-state index contributed by atoms with van der Waals surface area (Å²) in [6.45, 7) is 31.5. The van der Waals surface area contributed by atoms with Crippen LogP contribution in [0.5, 0.6) is 0 Å². The van der Waals surface area contributed by atoms with Crippen LogP contribution < -0.4 is 0 Å². The Morgan fingerprint density at radius 2 is 0.359 bits per heavy atom. The van der Waals surface area contributed by atoms with Crippen molar-refractivity contribution in [3.8, 4) is 83.5 Å². The van der Waals surface area contributed by atoms with Crippen molar-refractivity contribution in [2.75, 3.05) is 0 Å². The van der Waals surface area contributed by atoms with E-state index in [-0.39, 0.29) is 0 Å².